The van der Waals surface area contributed by atoms with E-state index in [1.54, 1.807) is 10.9 Å². The first-order chi connectivity index (χ1) is 11.1. The molecule has 8 nitrogen and oxygen atoms in total. The average molecular weight is 313 g/mol. The van der Waals surface area contributed by atoms with Gasteiger partial charge in [-0.05, 0) is 24.6 Å². The summed E-state index contributed by atoms with van der Waals surface area (Å²) < 4.78 is 3.59. The van der Waals surface area contributed by atoms with Crippen molar-refractivity contribution in [2.24, 2.45) is 12.8 Å². The minimum absolute atomic E-state index is 0.259. The minimum atomic E-state index is -0.259. The Kier molecular flexibility index (Phi) is 4.07. The van der Waals surface area contributed by atoms with E-state index in [0.717, 1.165) is 22.4 Å². The molecule has 0 unspecified atom stereocenters. The van der Waals surface area contributed by atoms with Crippen LogP contribution in [0.5, 0.6) is 0 Å². The molecule has 3 rings (SSSR count). The molecule has 0 spiro atoms. The molecular weight excluding hydrogens is 294 g/mol. The van der Waals surface area contributed by atoms with E-state index in [9.17, 15) is 4.79 Å². The van der Waals surface area contributed by atoms with Gasteiger partial charge in [-0.25, -0.2) is 4.98 Å². The first kappa shape index (κ1) is 15.2. The number of fused-ring (bicyclic) bond motifs is 1. The van der Waals surface area contributed by atoms with Gasteiger partial charge in [0.05, 0.1) is 23.8 Å². The molecule has 2 aromatic heterocycles. The van der Waals surface area contributed by atoms with E-state index >= 15 is 0 Å². The molecular formula is C15H19N7O. The van der Waals surface area contributed by atoms with Crippen LogP contribution in [-0.4, -0.2) is 37.0 Å². The minimum Gasteiger partial charge on any atom is -0.347 e. The summed E-state index contributed by atoms with van der Waals surface area (Å²) in [7, 11) is 1.98. The number of aryl methyl sites for hydroxylation is 2. The lowest BCUT2D eigenvalue weighted by Crippen LogP contribution is -2.23. The van der Waals surface area contributed by atoms with Crippen LogP contribution in [0.25, 0.3) is 11.0 Å². The van der Waals surface area contributed by atoms with Crippen LogP contribution in [0.15, 0.2) is 24.4 Å². The van der Waals surface area contributed by atoms with Crippen molar-refractivity contribution in [3.8, 4) is 0 Å². The second-order valence-electron chi connectivity index (χ2n) is 5.38. The lowest BCUT2D eigenvalue weighted by Gasteiger charge is -2.04. The maximum absolute atomic E-state index is 12.1. The summed E-state index contributed by atoms with van der Waals surface area (Å²) >= 11 is 0. The number of nitrogens with zero attached hydrogens (tertiary/aromatic N) is 5. The largest absolute Gasteiger partial charge is 0.347 e. The summed E-state index contributed by atoms with van der Waals surface area (Å²) in [6.07, 6.45) is 1.59. The average Bonchev–Trinajstić information content (AvgIpc) is 3.11. The number of imidazole rings is 1. The zero-order chi connectivity index (χ0) is 16.4. The van der Waals surface area contributed by atoms with Crippen LogP contribution in [-0.2, 0) is 20.1 Å². The first-order valence-electron chi connectivity index (χ1n) is 7.39. The molecule has 0 atom stereocenters. The Balaban J connectivity index is 1.68. The Morgan fingerprint density at radius 3 is 3.00 bits per heavy atom. The molecule has 0 fully saturated rings. The van der Waals surface area contributed by atoms with Crippen LogP contribution in [0.2, 0.25) is 0 Å². The van der Waals surface area contributed by atoms with Crippen molar-refractivity contribution in [2.45, 2.75) is 20.0 Å². The van der Waals surface area contributed by atoms with Crippen molar-refractivity contribution in [3.63, 3.8) is 0 Å². The molecule has 120 valence electrons. The van der Waals surface area contributed by atoms with Crippen LogP contribution in [0, 0.1) is 6.92 Å². The topological polar surface area (TPSA) is 104 Å². The normalized spacial score (nSPS) is 11.1. The van der Waals surface area contributed by atoms with Gasteiger partial charge in [0.2, 0.25) is 0 Å². The van der Waals surface area contributed by atoms with E-state index in [1.807, 2.05) is 36.7 Å². The number of hydrogen-bond donors (Lipinski definition) is 2. The molecule has 0 bridgehead atoms. The van der Waals surface area contributed by atoms with Gasteiger partial charge in [-0.15, -0.1) is 5.10 Å². The molecule has 0 saturated heterocycles. The van der Waals surface area contributed by atoms with Gasteiger partial charge in [-0.2, -0.15) is 0 Å². The summed E-state index contributed by atoms with van der Waals surface area (Å²) in [5, 5.41) is 10.5. The number of nitrogens with one attached hydrogen (secondary N) is 1. The predicted octanol–water partition coefficient (Wildman–Crippen LogP) is 0.362. The van der Waals surface area contributed by atoms with Crippen LogP contribution < -0.4 is 11.1 Å². The van der Waals surface area contributed by atoms with Gasteiger partial charge in [0, 0.05) is 20.1 Å². The third kappa shape index (κ3) is 3.07. The van der Waals surface area contributed by atoms with E-state index in [0.29, 0.717) is 19.6 Å². The SMILES string of the molecule is Cc1nc2cc(CNC(=O)c3cn(CCN)nn3)ccc2n1C. The molecule has 3 N–H and O–H groups in total. The van der Waals surface area contributed by atoms with Crippen molar-refractivity contribution in [1.29, 1.82) is 0 Å². The molecule has 3 aromatic rings. The Morgan fingerprint density at radius 2 is 2.22 bits per heavy atom. The molecule has 0 aliphatic carbocycles. The fraction of sp³-hybridized carbons (Fsp3) is 0.333. The van der Waals surface area contributed by atoms with Crippen molar-refractivity contribution in [3.05, 3.63) is 41.5 Å². The van der Waals surface area contributed by atoms with Gasteiger partial charge in [-0.1, -0.05) is 11.3 Å². The smallest absolute Gasteiger partial charge is 0.273 e. The summed E-state index contributed by atoms with van der Waals surface area (Å²) in [4.78, 5) is 16.6. The zero-order valence-corrected chi connectivity index (χ0v) is 13.2. The number of amides is 1. The van der Waals surface area contributed by atoms with Crippen LogP contribution >= 0.6 is 0 Å². The van der Waals surface area contributed by atoms with Crippen molar-refractivity contribution in [2.75, 3.05) is 6.54 Å². The highest BCUT2D eigenvalue weighted by atomic mass is 16.2. The molecule has 23 heavy (non-hydrogen) atoms. The van der Waals surface area contributed by atoms with Gasteiger partial charge in [0.1, 0.15) is 5.82 Å². The third-order valence-corrected chi connectivity index (χ3v) is 3.75. The zero-order valence-electron chi connectivity index (χ0n) is 13.2. The van der Waals surface area contributed by atoms with E-state index < -0.39 is 0 Å². The Hall–Kier alpha value is -2.74. The lowest BCUT2D eigenvalue weighted by atomic mass is 10.2. The fourth-order valence-corrected chi connectivity index (χ4v) is 2.39. The Morgan fingerprint density at radius 1 is 1.39 bits per heavy atom. The van der Waals surface area contributed by atoms with Gasteiger partial charge in [-0.3, -0.25) is 9.48 Å². The highest BCUT2D eigenvalue weighted by molar-refractivity contribution is 5.91. The molecule has 0 aliphatic heterocycles. The van der Waals surface area contributed by atoms with Crippen LogP contribution in [0.4, 0.5) is 0 Å². The molecule has 1 aromatic carbocycles. The summed E-state index contributed by atoms with van der Waals surface area (Å²) in [5.41, 5.74) is 8.70. The van der Waals surface area contributed by atoms with Crippen molar-refractivity contribution in [1.82, 2.24) is 29.9 Å². The summed E-state index contributed by atoms with van der Waals surface area (Å²) in [6.45, 7) is 3.37. The quantitative estimate of drug-likeness (QED) is 0.708. The summed E-state index contributed by atoms with van der Waals surface area (Å²) in [5.74, 6) is 0.697. The number of carbonyl (C=O) groups excluding carboxylic acids is 1. The highest BCUT2D eigenvalue weighted by Crippen LogP contribution is 2.16. The van der Waals surface area contributed by atoms with E-state index in [2.05, 4.69) is 20.6 Å². The molecule has 8 heteroatoms. The van der Waals surface area contributed by atoms with Crippen LogP contribution in [0.1, 0.15) is 21.9 Å². The van der Waals surface area contributed by atoms with E-state index in [1.165, 1.54) is 0 Å². The van der Waals surface area contributed by atoms with E-state index in [-0.39, 0.29) is 11.6 Å². The highest BCUT2D eigenvalue weighted by Gasteiger charge is 2.11. The monoisotopic (exact) mass is 313 g/mol. The number of hydrogen-bond acceptors (Lipinski definition) is 5. The maximum atomic E-state index is 12.1. The number of benzene rings is 1. The van der Waals surface area contributed by atoms with Crippen molar-refractivity contribution >= 4 is 16.9 Å². The third-order valence-electron chi connectivity index (χ3n) is 3.75. The molecule has 0 saturated carbocycles. The number of aromatic nitrogens is 5. The standard InChI is InChI=1S/C15H19N7O/c1-10-18-12-7-11(3-4-14(12)21(10)2)8-17-15(23)13-9-22(6-5-16)20-19-13/h3-4,7,9H,5-6,8,16H2,1-2H3,(H,17,23). The number of rotatable bonds is 5. The van der Waals surface area contributed by atoms with E-state index in [4.69, 9.17) is 5.73 Å². The number of nitrogens with two attached hydrogens (primary N) is 1. The second-order valence-corrected chi connectivity index (χ2v) is 5.38. The Labute approximate surface area is 133 Å². The van der Waals surface area contributed by atoms with Crippen molar-refractivity contribution < 1.29 is 4.79 Å². The molecule has 0 radical (unpaired) electrons. The fourth-order valence-electron chi connectivity index (χ4n) is 2.39. The van der Waals surface area contributed by atoms with Crippen LogP contribution in [0.3, 0.4) is 0 Å². The summed E-state index contributed by atoms with van der Waals surface area (Å²) in [6, 6.07) is 5.97. The second kappa shape index (κ2) is 6.17. The van der Waals surface area contributed by atoms with Gasteiger partial charge < -0.3 is 15.6 Å². The molecule has 0 aliphatic rings. The van der Waals surface area contributed by atoms with Gasteiger partial charge in [0.15, 0.2) is 5.69 Å². The molecule has 2 heterocycles. The predicted molar refractivity (Wildman–Crippen MR) is 85.7 cm³/mol. The van der Waals surface area contributed by atoms with Gasteiger partial charge >= 0.3 is 0 Å². The van der Waals surface area contributed by atoms with Gasteiger partial charge in [0.25, 0.3) is 5.91 Å². The lowest BCUT2D eigenvalue weighted by molar-refractivity contribution is 0.0946. The molecule has 1 amide bonds. The number of carbonyl (C=O) groups is 1. The Bertz CT molecular complexity index is 849. The first-order valence-corrected chi connectivity index (χ1v) is 7.39. The maximum Gasteiger partial charge on any atom is 0.273 e.